The Kier molecular flexibility index (Phi) is 5.92. The van der Waals surface area contributed by atoms with Gasteiger partial charge < -0.3 is 14.5 Å². The van der Waals surface area contributed by atoms with Crippen LogP contribution in [0.2, 0.25) is 5.02 Å². The van der Waals surface area contributed by atoms with E-state index in [2.05, 4.69) is 0 Å². The molecule has 8 nitrogen and oxygen atoms in total. The van der Waals surface area contributed by atoms with Gasteiger partial charge in [0.2, 0.25) is 0 Å². The summed E-state index contributed by atoms with van der Waals surface area (Å²) in [6.07, 6.45) is 0. The molecular formula is C17H16ClN3O5S. The standard InChI is InChI=1S/C17H16ClN3O5S/c18-13-10-12(21(24)25)3-4-14(13)26-11-16(22)19-5-7-20(8-6-19)17(23)15-2-1-9-27-15/h1-4,9-10H,5-8,11H2. The molecule has 2 amide bonds. The summed E-state index contributed by atoms with van der Waals surface area (Å²) >= 11 is 7.34. The van der Waals surface area contributed by atoms with Crippen LogP contribution in [0, 0.1) is 10.1 Å². The molecule has 0 atom stereocenters. The van der Waals surface area contributed by atoms with Crippen molar-refractivity contribution in [2.45, 2.75) is 0 Å². The molecule has 142 valence electrons. The van der Waals surface area contributed by atoms with Gasteiger partial charge in [-0.2, -0.15) is 0 Å². The van der Waals surface area contributed by atoms with E-state index in [1.807, 2.05) is 11.4 Å². The van der Waals surface area contributed by atoms with Crippen LogP contribution >= 0.6 is 22.9 Å². The van der Waals surface area contributed by atoms with Crippen molar-refractivity contribution in [3.63, 3.8) is 0 Å². The number of non-ortho nitro benzene ring substituents is 1. The SMILES string of the molecule is O=C(COc1ccc([N+](=O)[O-])cc1Cl)N1CCN(C(=O)c2cccs2)CC1. The number of carbonyl (C=O) groups is 2. The Bertz CT molecular complexity index is 850. The lowest BCUT2D eigenvalue weighted by atomic mass is 10.3. The minimum atomic E-state index is -0.558. The molecule has 1 aromatic carbocycles. The maximum atomic E-state index is 12.3. The summed E-state index contributed by atoms with van der Waals surface area (Å²) in [5.41, 5.74) is -0.148. The number of benzene rings is 1. The number of carbonyl (C=O) groups excluding carboxylic acids is 2. The number of piperazine rings is 1. The number of nitrogens with zero attached hydrogens (tertiary/aromatic N) is 3. The Labute approximate surface area is 164 Å². The van der Waals surface area contributed by atoms with Crippen molar-refractivity contribution in [3.8, 4) is 5.75 Å². The third-order valence-corrected chi connectivity index (χ3v) is 5.28. The maximum Gasteiger partial charge on any atom is 0.271 e. The summed E-state index contributed by atoms with van der Waals surface area (Å²) in [5.74, 6) is -0.0409. The van der Waals surface area contributed by atoms with E-state index in [4.69, 9.17) is 16.3 Å². The average Bonchev–Trinajstić information content (AvgIpc) is 3.21. The first-order chi connectivity index (χ1) is 13.0. The molecule has 0 aliphatic carbocycles. The van der Waals surface area contributed by atoms with Gasteiger partial charge in [-0.15, -0.1) is 11.3 Å². The van der Waals surface area contributed by atoms with Gasteiger partial charge in [0.05, 0.1) is 14.8 Å². The van der Waals surface area contributed by atoms with Crippen molar-refractivity contribution in [3.05, 3.63) is 55.7 Å². The monoisotopic (exact) mass is 409 g/mol. The van der Waals surface area contributed by atoms with Crippen LogP contribution in [-0.4, -0.2) is 59.3 Å². The molecule has 3 rings (SSSR count). The highest BCUT2D eigenvalue weighted by Crippen LogP contribution is 2.28. The van der Waals surface area contributed by atoms with Crippen molar-refractivity contribution in [1.29, 1.82) is 0 Å². The van der Waals surface area contributed by atoms with E-state index in [0.29, 0.717) is 31.1 Å². The van der Waals surface area contributed by atoms with Crippen LogP contribution in [0.1, 0.15) is 9.67 Å². The molecule has 2 aromatic rings. The number of ether oxygens (including phenoxy) is 1. The average molecular weight is 410 g/mol. The molecule has 10 heteroatoms. The van der Waals surface area contributed by atoms with E-state index in [9.17, 15) is 19.7 Å². The number of thiophene rings is 1. The lowest BCUT2D eigenvalue weighted by Crippen LogP contribution is -2.51. The first kappa shape index (κ1) is 19.1. The molecule has 1 aliphatic rings. The first-order valence-corrected chi connectivity index (χ1v) is 9.39. The number of rotatable bonds is 5. The number of hydrogen-bond donors (Lipinski definition) is 0. The van der Waals surface area contributed by atoms with Gasteiger partial charge in [-0.3, -0.25) is 19.7 Å². The molecule has 0 spiro atoms. The van der Waals surface area contributed by atoms with E-state index >= 15 is 0 Å². The van der Waals surface area contributed by atoms with Crippen LogP contribution < -0.4 is 4.74 Å². The Morgan fingerprint density at radius 2 is 1.89 bits per heavy atom. The fraction of sp³-hybridized carbons (Fsp3) is 0.294. The Hall–Kier alpha value is -2.65. The van der Waals surface area contributed by atoms with E-state index < -0.39 is 4.92 Å². The molecule has 27 heavy (non-hydrogen) atoms. The summed E-state index contributed by atoms with van der Waals surface area (Å²) in [7, 11) is 0. The summed E-state index contributed by atoms with van der Waals surface area (Å²) in [4.78, 5) is 38.8. The smallest absolute Gasteiger partial charge is 0.271 e. The normalized spacial score (nSPS) is 14.1. The van der Waals surface area contributed by atoms with Crippen molar-refractivity contribution >= 4 is 40.4 Å². The van der Waals surface area contributed by atoms with Crippen LogP contribution in [0.4, 0.5) is 5.69 Å². The van der Waals surface area contributed by atoms with Crippen molar-refractivity contribution in [1.82, 2.24) is 9.80 Å². The molecule has 0 bridgehead atoms. The number of nitro benzene ring substituents is 1. The highest BCUT2D eigenvalue weighted by atomic mass is 35.5. The zero-order chi connectivity index (χ0) is 19.4. The summed E-state index contributed by atoms with van der Waals surface area (Å²) in [6.45, 7) is 1.54. The van der Waals surface area contributed by atoms with Gasteiger partial charge in [0, 0.05) is 38.3 Å². The van der Waals surface area contributed by atoms with Crippen LogP contribution in [-0.2, 0) is 4.79 Å². The first-order valence-electron chi connectivity index (χ1n) is 8.13. The van der Waals surface area contributed by atoms with Crippen LogP contribution in [0.25, 0.3) is 0 Å². The Morgan fingerprint density at radius 3 is 2.48 bits per heavy atom. The lowest BCUT2D eigenvalue weighted by molar-refractivity contribution is -0.384. The quantitative estimate of drug-likeness (QED) is 0.559. The molecule has 1 aliphatic heterocycles. The molecule has 0 saturated carbocycles. The molecule has 2 heterocycles. The third-order valence-electron chi connectivity index (χ3n) is 4.13. The number of amides is 2. The third kappa shape index (κ3) is 4.55. The van der Waals surface area contributed by atoms with E-state index in [0.717, 1.165) is 0 Å². The molecular weight excluding hydrogens is 394 g/mol. The largest absolute Gasteiger partial charge is 0.482 e. The second-order valence-corrected chi connectivity index (χ2v) is 7.17. The van der Waals surface area contributed by atoms with Crippen molar-refractivity contribution < 1.29 is 19.2 Å². The van der Waals surface area contributed by atoms with E-state index in [-0.39, 0.29) is 34.9 Å². The fourth-order valence-corrected chi connectivity index (χ4v) is 3.59. The van der Waals surface area contributed by atoms with Crippen molar-refractivity contribution in [2.75, 3.05) is 32.8 Å². The van der Waals surface area contributed by atoms with Gasteiger partial charge in [-0.1, -0.05) is 17.7 Å². The molecule has 1 aromatic heterocycles. The van der Waals surface area contributed by atoms with Gasteiger partial charge in [-0.25, -0.2) is 0 Å². The summed E-state index contributed by atoms with van der Waals surface area (Å²) in [5, 5.41) is 12.6. The predicted octanol–water partition coefficient (Wildman–Crippen LogP) is 2.67. The predicted molar refractivity (Wildman–Crippen MR) is 100 cm³/mol. The van der Waals surface area contributed by atoms with Crippen LogP contribution in [0.3, 0.4) is 0 Å². The van der Waals surface area contributed by atoms with Gasteiger partial charge >= 0.3 is 0 Å². The van der Waals surface area contributed by atoms with Gasteiger partial charge in [0.1, 0.15) is 5.75 Å². The molecule has 1 fully saturated rings. The van der Waals surface area contributed by atoms with Crippen LogP contribution in [0.15, 0.2) is 35.7 Å². The zero-order valence-corrected chi connectivity index (χ0v) is 15.7. The van der Waals surface area contributed by atoms with Crippen LogP contribution in [0.5, 0.6) is 5.75 Å². The molecule has 0 radical (unpaired) electrons. The van der Waals surface area contributed by atoms with E-state index in [1.165, 1.54) is 29.5 Å². The summed E-state index contributed by atoms with van der Waals surface area (Å²) in [6, 6.07) is 7.42. The molecule has 0 N–H and O–H groups in total. The number of hydrogen-bond acceptors (Lipinski definition) is 6. The number of halogens is 1. The topological polar surface area (TPSA) is 93.0 Å². The van der Waals surface area contributed by atoms with Gasteiger partial charge in [0.25, 0.3) is 17.5 Å². The highest BCUT2D eigenvalue weighted by molar-refractivity contribution is 7.12. The number of nitro groups is 1. The second kappa shape index (κ2) is 8.36. The highest BCUT2D eigenvalue weighted by Gasteiger charge is 2.25. The Balaban J connectivity index is 1.50. The summed E-state index contributed by atoms with van der Waals surface area (Å²) < 4.78 is 5.40. The molecule has 0 unspecified atom stereocenters. The van der Waals surface area contributed by atoms with Gasteiger partial charge in [0.15, 0.2) is 6.61 Å². The fourth-order valence-electron chi connectivity index (χ4n) is 2.67. The second-order valence-electron chi connectivity index (χ2n) is 5.81. The van der Waals surface area contributed by atoms with Crippen molar-refractivity contribution in [2.24, 2.45) is 0 Å². The van der Waals surface area contributed by atoms with Gasteiger partial charge in [-0.05, 0) is 17.5 Å². The Morgan fingerprint density at radius 1 is 1.19 bits per heavy atom. The minimum Gasteiger partial charge on any atom is -0.482 e. The lowest BCUT2D eigenvalue weighted by Gasteiger charge is -2.34. The minimum absolute atomic E-state index is 0.0222. The maximum absolute atomic E-state index is 12.3. The zero-order valence-electron chi connectivity index (χ0n) is 14.2. The van der Waals surface area contributed by atoms with E-state index in [1.54, 1.807) is 15.9 Å². The molecule has 1 saturated heterocycles.